The van der Waals surface area contributed by atoms with Crippen molar-refractivity contribution in [1.29, 1.82) is 0 Å². The van der Waals surface area contributed by atoms with Gasteiger partial charge in [0.05, 0.1) is 6.61 Å². The van der Waals surface area contributed by atoms with Gasteiger partial charge in [-0.15, -0.1) is 0 Å². The molecule has 0 atom stereocenters. The molecule has 1 rings (SSSR count). The second-order valence-corrected chi connectivity index (χ2v) is 4.34. The van der Waals surface area contributed by atoms with Crippen LogP contribution in [0.25, 0.3) is 0 Å². The van der Waals surface area contributed by atoms with Crippen LogP contribution in [-0.4, -0.2) is 22.0 Å². The molecule has 4 heteroatoms. The van der Waals surface area contributed by atoms with Crippen LogP contribution < -0.4 is 4.74 Å². The van der Waals surface area contributed by atoms with Gasteiger partial charge in [0.1, 0.15) is 11.5 Å². The molecule has 0 aliphatic carbocycles. The molecule has 0 fully saturated rings. The fourth-order valence-electron chi connectivity index (χ4n) is 0.893. The van der Waals surface area contributed by atoms with E-state index < -0.39 is 0 Å². The third-order valence-corrected chi connectivity index (χ3v) is 2.42. The number of phenols is 1. The SMILES string of the molecule is Oc1cc(I)cc(OCCC[Si])c1. The van der Waals surface area contributed by atoms with Gasteiger partial charge in [-0.25, -0.2) is 0 Å². The third-order valence-electron chi connectivity index (χ3n) is 1.45. The molecule has 0 amide bonds. The molecule has 0 spiro atoms. The topological polar surface area (TPSA) is 29.5 Å². The van der Waals surface area contributed by atoms with E-state index in [2.05, 4.69) is 32.8 Å². The van der Waals surface area contributed by atoms with E-state index in [9.17, 15) is 5.11 Å². The Morgan fingerprint density at radius 3 is 2.77 bits per heavy atom. The van der Waals surface area contributed by atoms with Crippen LogP contribution in [0, 0.1) is 3.57 Å². The van der Waals surface area contributed by atoms with E-state index in [1.807, 2.05) is 6.07 Å². The lowest BCUT2D eigenvalue weighted by Crippen LogP contribution is -1.96. The first kappa shape index (κ1) is 10.8. The molecular weight excluding hydrogens is 295 g/mol. The van der Waals surface area contributed by atoms with Gasteiger partial charge in [0.15, 0.2) is 0 Å². The highest BCUT2D eigenvalue weighted by Gasteiger charge is 1.98. The fraction of sp³-hybridized carbons (Fsp3) is 0.333. The molecule has 2 nitrogen and oxygen atoms in total. The average Bonchev–Trinajstić information content (AvgIpc) is 2.03. The molecule has 0 unspecified atom stereocenters. The Bertz CT molecular complexity index is 258. The Morgan fingerprint density at radius 1 is 1.38 bits per heavy atom. The lowest BCUT2D eigenvalue weighted by molar-refractivity contribution is 0.315. The first-order valence-corrected chi connectivity index (χ1v) is 5.78. The van der Waals surface area contributed by atoms with Crippen molar-refractivity contribution in [2.45, 2.75) is 12.5 Å². The van der Waals surface area contributed by atoms with Crippen LogP contribution in [0.2, 0.25) is 6.04 Å². The zero-order valence-corrected chi connectivity index (χ0v) is 10.2. The van der Waals surface area contributed by atoms with Crippen molar-refractivity contribution >= 4 is 32.8 Å². The predicted octanol–water partition coefficient (Wildman–Crippen LogP) is 2.35. The van der Waals surface area contributed by atoms with Crippen molar-refractivity contribution in [3.8, 4) is 11.5 Å². The Hall–Kier alpha value is -0.233. The number of halogens is 1. The number of aromatic hydroxyl groups is 1. The summed E-state index contributed by atoms with van der Waals surface area (Å²) in [6.07, 6.45) is 0.961. The molecule has 0 heterocycles. The zero-order valence-electron chi connectivity index (χ0n) is 7.09. The van der Waals surface area contributed by atoms with Gasteiger partial charge in [-0.3, -0.25) is 0 Å². The lowest BCUT2D eigenvalue weighted by atomic mass is 10.3. The maximum absolute atomic E-state index is 9.26. The maximum atomic E-state index is 9.26. The highest BCUT2D eigenvalue weighted by atomic mass is 127. The van der Waals surface area contributed by atoms with Crippen molar-refractivity contribution < 1.29 is 9.84 Å². The van der Waals surface area contributed by atoms with E-state index in [0.717, 1.165) is 21.8 Å². The Balaban J connectivity index is 2.56. The molecule has 0 bridgehead atoms. The van der Waals surface area contributed by atoms with E-state index in [1.165, 1.54) is 0 Å². The number of benzene rings is 1. The monoisotopic (exact) mass is 305 g/mol. The van der Waals surface area contributed by atoms with Crippen LogP contribution in [0.5, 0.6) is 11.5 Å². The highest BCUT2D eigenvalue weighted by molar-refractivity contribution is 14.1. The molecule has 3 radical (unpaired) electrons. The molecule has 0 saturated heterocycles. The minimum atomic E-state index is 0.250. The average molecular weight is 305 g/mol. The minimum absolute atomic E-state index is 0.250. The molecule has 69 valence electrons. The number of hydrogen-bond donors (Lipinski definition) is 1. The van der Waals surface area contributed by atoms with E-state index in [0.29, 0.717) is 6.61 Å². The normalized spacial score (nSPS) is 10.0. The number of ether oxygens (including phenoxy) is 1. The van der Waals surface area contributed by atoms with Gasteiger partial charge in [0, 0.05) is 19.9 Å². The summed E-state index contributed by atoms with van der Waals surface area (Å²) in [5.74, 6) is 0.977. The summed E-state index contributed by atoms with van der Waals surface area (Å²) in [5, 5.41) is 9.26. The predicted molar refractivity (Wildman–Crippen MR) is 61.5 cm³/mol. The number of phenolic OH excluding ortho intramolecular Hbond substituents is 1. The second kappa shape index (κ2) is 5.49. The van der Waals surface area contributed by atoms with Crippen molar-refractivity contribution in [3.63, 3.8) is 0 Å². The molecule has 1 aromatic rings. The summed E-state index contributed by atoms with van der Waals surface area (Å²) in [6.45, 7) is 0.670. The van der Waals surface area contributed by atoms with Crippen molar-refractivity contribution in [2.75, 3.05) is 6.61 Å². The molecule has 13 heavy (non-hydrogen) atoms. The van der Waals surface area contributed by atoms with Crippen LogP contribution in [-0.2, 0) is 0 Å². The summed E-state index contributed by atoms with van der Waals surface area (Å²) >= 11 is 2.14. The Morgan fingerprint density at radius 2 is 2.15 bits per heavy atom. The van der Waals surface area contributed by atoms with Gasteiger partial charge in [0.2, 0.25) is 0 Å². The number of hydrogen-bond acceptors (Lipinski definition) is 2. The van der Waals surface area contributed by atoms with Gasteiger partial charge < -0.3 is 9.84 Å². The molecule has 0 saturated carbocycles. The molecule has 1 N–H and O–H groups in total. The van der Waals surface area contributed by atoms with Crippen LogP contribution in [0.1, 0.15) is 6.42 Å². The van der Waals surface area contributed by atoms with Crippen LogP contribution >= 0.6 is 22.6 Å². The van der Waals surface area contributed by atoms with Crippen molar-refractivity contribution in [2.24, 2.45) is 0 Å². The fourth-order valence-corrected chi connectivity index (χ4v) is 1.66. The summed E-state index contributed by atoms with van der Waals surface area (Å²) in [5.41, 5.74) is 0. The summed E-state index contributed by atoms with van der Waals surface area (Å²) in [4.78, 5) is 0. The maximum Gasteiger partial charge on any atom is 0.124 e. The van der Waals surface area contributed by atoms with Gasteiger partial charge >= 0.3 is 0 Å². The van der Waals surface area contributed by atoms with Crippen molar-refractivity contribution in [3.05, 3.63) is 21.8 Å². The molecule has 0 aliphatic heterocycles. The van der Waals surface area contributed by atoms with Gasteiger partial charge in [0.25, 0.3) is 0 Å². The standard InChI is InChI=1S/C9H10IO2Si/c10-7-4-8(11)6-9(5-7)12-2-1-3-13/h4-6,11H,1-3H2. The lowest BCUT2D eigenvalue weighted by Gasteiger charge is -2.05. The van der Waals surface area contributed by atoms with Gasteiger partial charge in [-0.2, -0.15) is 0 Å². The summed E-state index contributed by atoms with van der Waals surface area (Å²) in [7, 11) is 3.37. The molecule has 0 aliphatic rings. The van der Waals surface area contributed by atoms with Gasteiger partial charge in [-0.05, 0) is 41.1 Å². The Kier molecular flexibility index (Phi) is 4.58. The van der Waals surface area contributed by atoms with Crippen LogP contribution in [0.3, 0.4) is 0 Å². The summed E-state index contributed by atoms with van der Waals surface area (Å²) < 4.78 is 6.39. The first-order valence-electron chi connectivity index (χ1n) is 3.99. The largest absolute Gasteiger partial charge is 0.508 e. The van der Waals surface area contributed by atoms with Crippen LogP contribution in [0.15, 0.2) is 18.2 Å². The third kappa shape index (κ3) is 3.99. The molecule has 1 aromatic carbocycles. The summed E-state index contributed by atoms with van der Waals surface area (Å²) in [6, 6.07) is 6.14. The quantitative estimate of drug-likeness (QED) is 0.526. The number of rotatable bonds is 4. The van der Waals surface area contributed by atoms with E-state index in [4.69, 9.17) is 4.74 Å². The minimum Gasteiger partial charge on any atom is -0.508 e. The second-order valence-electron chi connectivity index (χ2n) is 2.60. The zero-order chi connectivity index (χ0) is 9.68. The van der Waals surface area contributed by atoms with Crippen LogP contribution in [0.4, 0.5) is 0 Å². The first-order chi connectivity index (χ1) is 6.22. The van der Waals surface area contributed by atoms with E-state index in [-0.39, 0.29) is 5.75 Å². The van der Waals surface area contributed by atoms with Crippen molar-refractivity contribution in [1.82, 2.24) is 0 Å². The van der Waals surface area contributed by atoms with Gasteiger partial charge in [-0.1, -0.05) is 6.04 Å². The Labute approximate surface area is 94.9 Å². The molecular formula is C9H10IO2Si. The van der Waals surface area contributed by atoms with E-state index >= 15 is 0 Å². The van der Waals surface area contributed by atoms with E-state index in [1.54, 1.807) is 12.1 Å². The molecule has 0 aromatic heterocycles. The smallest absolute Gasteiger partial charge is 0.124 e. The highest BCUT2D eigenvalue weighted by Crippen LogP contribution is 2.22.